The molecule has 0 heterocycles. The second-order valence-electron chi connectivity index (χ2n) is 1.48. The van der Waals surface area contributed by atoms with E-state index in [2.05, 4.69) is 9.13 Å². The lowest BCUT2D eigenvalue weighted by Gasteiger charge is -1.93. The number of rotatable bonds is 3. The van der Waals surface area contributed by atoms with Crippen LogP contribution in [0.1, 0.15) is 0 Å². The molecule has 0 saturated carbocycles. The molecule has 6 nitrogen and oxygen atoms in total. The van der Waals surface area contributed by atoms with E-state index < -0.39 is 21.7 Å². The van der Waals surface area contributed by atoms with E-state index in [1.807, 2.05) is 0 Å². The number of hydrogen-bond donors (Lipinski definition) is 0. The first-order valence-corrected chi connectivity index (χ1v) is 4.01. The monoisotopic (exact) mass is 179 g/mol. The predicted molar refractivity (Wildman–Crippen MR) is 33.9 cm³/mol. The predicted octanol–water partition coefficient (Wildman–Crippen LogP) is -1.17. The Hall–Kier alpha value is -1.20. The van der Waals surface area contributed by atoms with Crippen molar-refractivity contribution in [2.75, 3.05) is 12.9 Å². The van der Waals surface area contributed by atoms with Crippen LogP contribution < -0.4 is 0 Å². The van der Waals surface area contributed by atoms with Gasteiger partial charge in [0.2, 0.25) is 0 Å². The van der Waals surface area contributed by atoms with Crippen molar-refractivity contribution in [3.8, 4) is 0 Å². The molecule has 62 valence electrons. The molecule has 0 radical (unpaired) electrons. The van der Waals surface area contributed by atoms with Crippen molar-refractivity contribution in [2.24, 2.45) is 4.40 Å². The van der Waals surface area contributed by atoms with Crippen LogP contribution in [0.4, 0.5) is 0 Å². The standard InChI is InChI=1S/C4H5NO5S/c1-10-4(7)2-11(8,9)5-3-6/h2H2,1H3. The summed E-state index contributed by atoms with van der Waals surface area (Å²) >= 11 is 0. The highest BCUT2D eigenvalue weighted by Gasteiger charge is 2.14. The molecular weight excluding hydrogens is 174 g/mol. The number of methoxy groups -OCH3 is 1. The van der Waals surface area contributed by atoms with Gasteiger partial charge in [-0.05, 0) is 0 Å². The van der Waals surface area contributed by atoms with Gasteiger partial charge in [-0.3, -0.25) is 4.79 Å². The SMILES string of the molecule is COC(=O)CS(=O)(=O)N=C=O. The smallest absolute Gasteiger partial charge is 0.322 e. The second kappa shape index (κ2) is 3.85. The first-order valence-electron chi connectivity index (χ1n) is 2.40. The Bertz CT molecular complexity index is 286. The third-order valence-electron chi connectivity index (χ3n) is 0.704. The van der Waals surface area contributed by atoms with E-state index in [4.69, 9.17) is 0 Å². The summed E-state index contributed by atoms with van der Waals surface area (Å²) in [5.74, 6) is -1.90. The van der Waals surface area contributed by atoms with E-state index in [-0.39, 0.29) is 0 Å². The molecule has 0 amide bonds. The Morgan fingerprint density at radius 1 is 1.64 bits per heavy atom. The number of hydrogen-bond acceptors (Lipinski definition) is 5. The third kappa shape index (κ3) is 4.24. The lowest BCUT2D eigenvalue weighted by atomic mass is 10.8. The van der Waals surface area contributed by atoms with Crippen LogP contribution in [-0.4, -0.2) is 33.3 Å². The van der Waals surface area contributed by atoms with Crippen molar-refractivity contribution >= 4 is 22.1 Å². The van der Waals surface area contributed by atoms with E-state index in [0.29, 0.717) is 0 Å². The minimum absolute atomic E-state index is 0.817. The molecule has 0 aromatic heterocycles. The molecule has 0 aliphatic heterocycles. The Kier molecular flexibility index (Phi) is 3.43. The van der Waals surface area contributed by atoms with Gasteiger partial charge in [-0.15, -0.1) is 0 Å². The topological polar surface area (TPSA) is 89.9 Å². The fourth-order valence-corrected chi connectivity index (χ4v) is 0.891. The quantitative estimate of drug-likeness (QED) is 0.309. The molecule has 11 heavy (non-hydrogen) atoms. The summed E-state index contributed by atoms with van der Waals surface area (Å²) in [6, 6.07) is 0. The van der Waals surface area contributed by atoms with Gasteiger partial charge in [0, 0.05) is 0 Å². The first-order chi connectivity index (χ1) is 5.02. The van der Waals surface area contributed by atoms with Crippen LogP contribution in [0.3, 0.4) is 0 Å². The third-order valence-corrected chi connectivity index (χ3v) is 1.66. The summed E-state index contributed by atoms with van der Waals surface area (Å²) < 4.78 is 27.4. The van der Waals surface area contributed by atoms with Crippen LogP contribution in [0.15, 0.2) is 4.40 Å². The number of isocyanates is 1. The summed E-state index contributed by atoms with van der Waals surface area (Å²) in [6.45, 7) is 0. The van der Waals surface area contributed by atoms with Gasteiger partial charge in [0.05, 0.1) is 7.11 Å². The van der Waals surface area contributed by atoms with Gasteiger partial charge in [0.15, 0.2) is 5.75 Å². The number of esters is 1. The Labute approximate surface area is 62.9 Å². The van der Waals surface area contributed by atoms with E-state index in [1.54, 1.807) is 0 Å². The van der Waals surface area contributed by atoms with Gasteiger partial charge in [-0.25, -0.2) is 13.2 Å². The fourth-order valence-electron chi connectivity index (χ4n) is 0.297. The van der Waals surface area contributed by atoms with E-state index in [0.717, 1.165) is 13.2 Å². The molecule has 0 aliphatic carbocycles. The van der Waals surface area contributed by atoms with Crippen molar-refractivity contribution in [1.29, 1.82) is 0 Å². The molecule has 0 atom stereocenters. The highest BCUT2D eigenvalue weighted by molar-refractivity contribution is 7.90. The van der Waals surface area contributed by atoms with Crippen molar-refractivity contribution in [2.45, 2.75) is 0 Å². The Balaban J connectivity index is 4.38. The highest BCUT2D eigenvalue weighted by Crippen LogP contribution is 1.90. The van der Waals surface area contributed by atoms with Crippen molar-refractivity contribution in [3.05, 3.63) is 0 Å². The zero-order valence-electron chi connectivity index (χ0n) is 5.60. The molecular formula is C4H5NO5S. The average Bonchev–Trinajstić information content (AvgIpc) is 1.86. The van der Waals surface area contributed by atoms with E-state index in [1.165, 1.54) is 0 Å². The van der Waals surface area contributed by atoms with Crippen LogP contribution in [0.25, 0.3) is 0 Å². The summed E-state index contributed by atoms with van der Waals surface area (Å²) in [7, 11) is -2.99. The number of carbonyl (C=O) groups excluding carboxylic acids is 2. The lowest BCUT2D eigenvalue weighted by Crippen LogP contribution is -2.14. The zero-order valence-corrected chi connectivity index (χ0v) is 6.42. The van der Waals surface area contributed by atoms with Crippen LogP contribution in [0, 0.1) is 0 Å². The van der Waals surface area contributed by atoms with Gasteiger partial charge in [-0.1, -0.05) is 4.40 Å². The Morgan fingerprint density at radius 2 is 2.18 bits per heavy atom. The minimum atomic E-state index is -4.02. The molecule has 0 aromatic carbocycles. The van der Waals surface area contributed by atoms with E-state index >= 15 is 0 Å². The molecule has 0 aromatic rings. The van der Waals surface area contributed by atoms with Gasteiger partial charge in [-0.2, -0.15) is 0 Å². The van der Waals surface area contributed by atoms with Gasteiger partial charge in [0.25, 0.3) is 16.1 Å². The average molecular weight is 179 g/mol. The maximum Gasteiger partial charge on any atom is 0.322 e. The normalized spacial score (nSPS) is 9.91. The summed E-state index contributed by atoms with van der Waals surface area (Å²) in [6.07, 6.45) is 0.817. The Morgan fingerprint density at radius 3 is 2.55 bits per heavy atom. The minimum Gasteiger partial charge on any atom is -0.468 e. The highest BCUT2D eigenvalue weighted by atomic mass is 32.2. The number of nitrogens with zero attached hydrogens (tertiary/aromatic N) is 1. The van der Waals surface area contributed by atoms with E-state index in [9.17, 15) is 18.0 Å². The fraction of sp³-hybridized carbons (Fsp3) is 0.500. The van der Waals surface area contributed by atoms with Crippen molar-refractivity contribution in [3.63, 3.8) is 0 Å². The largest absolute Gasteiger partial charge is 0.468 e. The van der Waals surface area contributed by atoms with Gasteiger partial charge >= 0.3 is 5.97 Å². The molecule has 0 saturated heterocycles. The summed E-state index contributed by atoms with van der Waals surface area (Å²) in [4.78, 5) is 19.8. The second-order valence-corrected chi connectivity index (χ2v) is 3.12. The van der Waals surface area contributed by atoms with Gasteiger partial charge < -0.3 is 4.74 Å². The van der Waals surface area contributed by atoms with Crippen LogP contribution in [0.2, 0.25) is 0 Å². The molecule has 0 rings (SSSR count). The molecule has 0 N–H and O–H groups in total. The molecule has 0 spiro atoms. The molecule has 7 heteroatoms. The number of sulfonamides is 1. The van der Waals surface area contributed by atoms with Crippen LogP contribution in [-0.2, 0) is 24.3 Å². The lowest BCUT2D eigenvalue weighted by molar-refractivity contribution is -0.137. The maximum atomic E-state index is 10.5. The number of carbonyl (C=O) groups is 1. The van der Waals surface area contributed by atoms with Crippen molar-refractivity contribution < 1.29 is 22.7 Å². The molecule has 0 aliphatic rings. The van der Waals surface area contributed by atoms with Crippen molar-refractivity contribution in [1.82, 2.24) is 0 Å². The van der Waals surface area contributed by atoms with Crippen LogP contribution in [0.5, 0.6) is 0 Å². The number of ether oxygens (including phenoxy) is 1. The molecule has 0 unspecified atom stereocenters. The van der Waals surface area contributed by atoms with Crippen LogP contribution >= 0.6 is 0 Å². The van der Waals surface area contributed by atoms with Gasteiger partial charge in [0.1, 0.15) is 0 Å². The first kappa shape index (κ1) is 9.80. The molecule has 0 fully saturated rings. The molecule has 0 bridgehead atoms. The summed E-state index contributed by atoms with van der Waals surface area (Å²) in [5.41, 5.74) is 0. The zero-order chi connectivity index (χ0) is 8.91. The summed E-state index contributed by atoms with van der Waals surface area (Å²) in [5, 5.41) is 0. The maximum absolute atomic E-state index is 10.5.